The van der Waals surface area contributed by atoms with Crippen LogP contribution in [0.5, 0.6) is 11.5 Å². The summed E-state index contributed by atoms with van der Waals surface area (Å²) in [7, 11) is 0. The lowest BCUT2D eigenvalue weighted by molar-refractivity contribution is -0.122. The molecule has 5 rings (SSSR count). The molecule has 1 aliphatic heterocycles. The number of amides is 1. The van der Waals surface area contributed by atoms with E-state index < -0.39 is 11.5 Å². The largest absolute Gasteiger partial charge is 0.454 e. The average molecular weight is 422 g/mol. The van der Waals surface area contributed by atoms with Crippen LogP contribution in [0.4, 0.5) is 4.39 Å². The SMILES string of the molecule is O=C(Cn1nnc2c(cnn2-c2ccc(F)cc2)c1=O)NCc1ccc2c(c1)OCO2. The van der Waals surface area contributed by atoms with E-state index in [-0.39, 0.29) is 36.7 Å². The van der Waals surface area contributed by atoms with Gasteiger partial charge in [0.25, 0.3) is 5.56 Å². The number of ether oxygens (including phenoxy) is 2. The van der Waals surface area contributed by atoms with E-state index in [4.69, 9.17) is 9.47 Å². The summed E-state index contributed by atoms with van der Waals surface area (Å²) in [5.74, 6) is 0.489. The summed E-state index contributed by atoms with van der Waals surface area (Å²) in [5, 5.41) is 14.9. The molecule has 0 saturated carbocycles. The highest BCUT2D eigenvalue weighted by molar-refractivity contribution is 5.77. The van der Waals surface area contributed by atoms with Crippen molar-refractivity contribution in [2.45, 2.75) is 13.1 Å². The fraction of sp³-hybridized carbons (Fsp3) is 0.150. The summed E-state index contributed by atoms with van der Waals surface area (Å²) in [5.41, 5.74) is 1.07. The minimum Gasteiger partial charge on any atom is -0.454 e. The molecule has 2 aromatic heterocycles. The third-order valence-corrected chi connectivity index (χ3v) is 4.75. The number of benzene rings is 2. The molecule has 2 aromatic carbocycles. The first kappa shape index (κ1) is 18.7. The molecule has 0 saturated heterocycles. The number of aromatic nitrogens is 5. The average Bonchev–Trinajstić information content (AvgIpc) is 3.42. The Morgan fingerprint density at radius 3 is 2.77 bits per heavy atom. The number of rotatable bonds is 5. The quantitative estimate of drug-likeness (QED) is 0.514. The second-order valence-electron chi connectivity index (χ2n) is 6.79. The Kier molecular flexibility index (Phi) is 4.54. The molecule has 1 N–H and O–H groups in total. The van der Waals surface area contributed by atoms with Gasteiger partial charge in [0, 0.05) is 6.54 Å². The van der Waals surface area contributed by atoms with Crippen LogP contribution in [0.15, 0.2) is 53.5 Å². The number of carbonyl (C=O) groups is 1. The molecule has 0 atom stereocenters. The third kappa shape index (κ3) is 3.56. The summed E-state index contributed by atoms with van der Waals surface area (Å²) >= 11 is 0. The van der Waals surface area contributed by atoms with Gasteiger partial charge in [-0.2, -0.15) is 5.10 Å². The molecule has 0 bridgehead atoms. The van der Waals surface area contributed by atoms with Gasteiger partial charge in [-0.25, -0.2) is 13.8 Å². The minimum atomic E-state index is -0.503. The fourth-order valence-corrected chi connectivity index (χ4v) is 3.18. The Morgan fingerprint density at radius 2 is 1.94 bits per heavy atom. The van der Waals surface area contributed by atoms with Crippen LogP contribution in [0.25, 0.3) is 16.7 Å². The molecule has 0 fully saturated rings. The molecule has 0 spiro atoms. The van der Waals surface area contributed by atoms with E-state index in [0.717, 1.165) is 10.2 Å². The van der Waals surface area contributed by atoms with Crippen molar-refractivity contribution in [1.82, 2.24) is 30.1 Å². The monoisotopic (exact) mass is 422 g/mol. The first-order chi connectivity index (χ1) is 15.1. The van der Waals surface area contributed by atoms with Crippen LogP contribution in [0, 0.1) is 5.82 Å². The maximum Gasteiger partial charge on any atom is 0.281 e. The number of nitrogens with zero attached hydrogens (tertiary/aromatic N) is 5. The number of hydrogen-bond donors (Lipinski definition) is 1. The summed E-state index contributed by atoms with van der Waals surface area (Å²) in [6, 6.07) is 11.0. The van der Waals surface area contributed by atoms with Crippen molar-refractivity contribution >= 4 is 16.9 Å². The van der Waals surface area contributed by atoms with Crippen LogP contribution in [-0.2, 0) is 17.9 Å². The zero-order valence-electron chi connectivity index (χ0n) is 16.0. The van der Waals surface area contributed by atoms with Gasteiger partial charge in [-0.15, -0.1) is 5.10 Å². The van der Waals surface area contributed by atoms with E-state index in [9.17, 15) is 14.0 Å². The van der Waals surface area contributed by atoms with Gasteiger partial charge in [-0.05, 0) is 42.0 Å². The van der Waals surface area contributed by atoms with Gasteiger partial charge in [0.1, 0.15) is 17.7 Å². The standard InChI is InChI=1S/C20H15FN6O4/c21-13-2-4-14(5-3-13)27-19-15(9-23-27)20(29)26(25-24-19)10-18(28)22-8-12-1-6-16-17(7-12)31-11-30-16/h1-7,9H,8,10-11H2,(H,22,28). The van der Waals surface area contributed by atoms with Crippen molar-refractivity contribution in [1.29, 1.82) is 0 Å². The van der Waals surface area contributed by atoms with Crippen molar-refractivity contribution in [2.24, 2.45) is 0 Å². The zero-order valence-corrected chi connectivity index (χ0v) is 16.0. The highest BCUT2D eigenvalue weighted by Gasteiger charge is 2.16. The molecule has 0 aliphatic carbocycles. The van der Waals surface area contributed by atoms with Gasteiger partial charge in [-0.3, -0.25) is 9.59 Å². The predicted molar refractivity (Wildman–Crippen MR) is 105 cm³/mol. The summed E-state index contributed by atoms with van der Waals surface area (Å²) in [6.45, 7) is 0.128. The lowest BCUT2D eigenvalue weighted by Crippen LogP contribution is -2.34. The predicted octanol–water partition coefficient (Wildman–Crippen LogP) is 1.16. The molecule has 3 heterocycles. The van der Waals surface area contributed by atoms with Crippen molar-refractivity contribution in [3.05, 3.63) is 70.4 Å². The third-order valence-electron chi connectivity index (χ3n) is 4.75. The maximum atomic E-state index is 13.1. The normalized spacial score (nSPS) is 12.3. The van der Waals surface area contributed by atoms with Gasteiger partial charge < -0.3 is 14.8 Å². The van der Waals surface area contributed by atoms with Crippen LogP contribution < -0.4 is 20.3 Å². The summed E-state index contributed by atoms with van der Waals surface area (Å²) in [6.07, 6.45) is 1.34. The van der Waals surface area contributed by atoms with E-state index in [1.807, 2.05) is 6.07 Å². The van der Waals surface area contributed by atoms with E-state index >= 15 is 0 Å². The number of carbonyl (C=O) groups excluding carboxylic acids is 1. The van der Waals surface area contributed by atoms with Crippen LogP contribution in [0.1, 0.15) is 5.56 Å². The van der Waals surface area contributed by atoms with Crippen LogP contribution in [-0.4, -0.2) is 37.5 Å². The van der Waals surface area contributed by atoms with Gasteiger partial charge in [0.15, 0.2) is 17.1 Å². The first-order valence-electron chi connectivity index (χ1n) is 9.31. The van der Waals surface area contributed by atoms with Crippen molar-refractivity contribution in [2.75, 3.05) is 6.79 Å². The molecule has 31 heavy (non-hydrogen) atoms. The van der Waals surface area contributed by atoms with E-state index in [1.165, 1.54) is 35.1 Å². The Hall–Kier alpha value is -4.28. The van der Waals surface area contributed by atoms with Crippen molar-refractivity contribution in [3.8, 4) is 17.2 Å². The highest BCUT2D eigenvalue weighted by atomic mass is 19.1. The van der Waals surface area contributed by atoms with E-state index in [1.54, 1.807) is 12.1 Å². The molecule has 0 unspecified atom stereocenters. The first-order valence-corrected chi connectivity index (χ1v) is 9.31. The number of nitrogens with one attached hydrogen (secondary N) is 1. The summed E-state index contributed by atoms with van der Waals surface area (Å²) < 4.78 is 26.1. The lowest BCUT2D eigenvalue weighted by atomic mass is 10.2. The molecule has 1 amide bonds. The fourth-order valence-electron chi connectivity index (χ4n) is 3.18. The van der Waals surface area contributed by atoms with Gasteiger partial charge in [0.05, 0.1) is 11.9 Å². The summed E-state index contributed by atoms with van der Waals surface area (Å²) in [4.78, 5) is 25.0. The molecular formula is C20H15FN6O4. The van der Waals surface area contributed by atoms with Crippen LogP contribution >= 0.6 is 0 Å². The topological polar surface area (TPSA) is 113 Å². The zero-order chi connectivity index (χ0) is 21.4. The smallest absolute Gasteiger partial charge is 0.281 e. The van der Waals surface area contributed by atoms with Gasteiger partial charge >= 0.3 is 0 Å². The number of hydrogen-bond acceptors (Lipinski definition) is 7. The van der Waals surface area contributed by atoms with Crippen LogP contribution in [0.2, 0.25) is 0 Å². The molecule has 4 aromatic rings. The van der Waals surface area contributed by atoms with Crippen molar-refractivity contribution in [3.63, 3.8) is 0 Å². The second kappa shape index (κ2) is 7.52. The highest BCUT2D eigenvalue weighted by Crippen LogP contribution is 2.32. The minimum absolute atomic E-state index is 0.174. The van der Waals surface area contributed by atoms with Crippen molar-refractivity contribution < 1.29 is 18.7 Å². The molecule has 10 nitrogen and oxygen atoms in total. The molecular weight excluding hydrogens is 407 g/mol. The lowest BCUT2D eigenvalue weighted by Gasteiger charge is -2.07. The molecule has 0 radical (unpaired) electrons. The van der Waals surface area contributed by atoms with E-state index in [0.29, 0.717) is 17.2 Å². The molecule has 11 heteroatoms. The molecule has 156 valence electrons. The Bertz CT molecular complexity index is 1350. The van der Waals surface area contributed by atoms with E-state index in [2.05, 4.69) is 20.7 Å². The Labute approximate surface area is 173 Å². The maximum absolute atomic E-state index is 13.1. The number of halogens is 1. The Morgan fingerprint density at radius 1 is 1.13 bits per heavy atom. The van der Waals surface area contributed by atoms with Crippen LogP contribution in [0.3, 0.4) is 0 Å². The Balaban J connectivity index is 1.31. The van der Waals surface area contributed by atoms with Gasteiger partial charge in [-0.1, -0.05) is 11.3 Å². The second-order valence-corrected chi connectivity index (χ2v) is 6.79. The molecule has 1 aliphatic rings. The van der Waals surface area contributed by atoms with Gasteiger partial charge in [0.2, 0.25) is 12.7 Å². The number of fused-ring (bicyclic) bond motifs is 2.